The van der Waals surface area contributed by atoms with Gasteiger partial charge in [-0.15, -0.1) is 11.3 Å². The first-order valence-corrected chi connectivity index (χ1v) is 11.2. The van der Waals surface area contributed by atoms with Gasteiger partial charge < -0.3 is 11.5 Å². The van der Waals surface area contributed by atoms with Gasteiger partial charge in [0.2, 0.25) is 5.91 Å². The number of nitrogens with two attached hydrogens (primary N) is 2. The zero-order valence-electron chi connectivity index (χ0n) is 16.4. The second-order valence-corrected chi connectivity index (χ2v) is 9.20. The average Bonchev–Trinajstić information content (AvgIpc) is 3.06. The van der Waals surface area contributed by atoms with Crippen LogP contribution in [0.1, 0.15) is 17.0 Å². The van der Waals surface area contributed by atoms with Crippen molar-refractivity contribution in [2.75, 3.05) is 0 Å². The van der Waals surface area contributed by atoms with Crippen LogP contribution in [-0.2, 0) is 4.79 Å². The van der Waals surface area contributed by atoms with Gasteiger partial charge in [-0.2, -0.15) is 5.26 Å². The van der Waals surface area contributed by atoms with Crippen LogP contribution in [0.5, 0.6) is 0 Å². The molecule has 1 aliphatic rings. The van der Waals surface area contributed by atoms with Crippen LogP contribution < -0.4 is 26.2 Å². The van der Waals surface area contributed by atoms with Crippen molar-refractivity contribution in [3.8, 4) is 6.07 Å². The van der Waals surface area contributed by atoms with Crippen molar-refractivity contribution in [3.63, 3.8) is 0 Å². The molecule has 0 saturated heterocycles. The third-order valence-corrected chi connectivity index (χ3v) is 7.19. The molecule has 0 aliphatic carbocycles. The fraction of sp³-hybridized carbons (Fsp3) is 0.0455. The molecule has 2 aromatic carbocycles. The molecule has 6 nitrogen and oxygen atoms in total. The van der Waals surface area contributed by atoms with E-state index in [2.05, 4.69) is 0 Å². The first-order chi connectivity index (χ1) is 15.7. The number of carbonyl (C=O) groups is 1. The van der Waals surface area contributed by atoms with Crippen LogP contribution in [0.4, 0.5) is 4.39 Å². The Kier molecular flexibility index (Phi) is 6.08. The molecule has 4 rings (SSSR count). The molecule has 166 valence electrons. The molecular formula is C22H12Cl3FN4O2S. The molecule has 1 aromatic heterocycles. The number of halogens is 4. The van der Waals surface area contributed by atoms with Crippen LogP contribution in [0.2, 0.25) is 15.1 Å². The minimum absolute atomic E-state index is 0.00940. The number of carbonyl (C=O) groups excluding carboxylic acids is 1. The van der Waals surface area contributed by atoms with Crippen molar-refractivity contribution in [2.45, 2.75) is 5.92 Å². The van der Waals surface area contributed by atoms with E-state index in [4.69, 9.17) is 46.3 Å². The van der Waals surface area contributed by atoms with Gasteiger partial charge in [0.25, 0.3) is 5.56 Å². The molecule has 33 heavy (non-hydrogen) atoms. The molecule has 4 N–H and O–H groups in total. The molecule has 1 unspecified atom stereocenters. The lowest BCUT2D eigenvalue weighted by atomic mass is 9.83. The van der Waals surface area contributed by atoms with E-state index in [-0.39, 0.29) is 52.4 Å². The molecule has 2 heterocycles. The Balaban J connectivity index is 2.17. The van der Waals surface area contributed by atoms with E-state index >= 15 is 0 Å². The summed E-state index contributed by atoms with van der Waals surface area (Å²) in [4.78, 5) is 25.8. The first kappa shape index (κ1) is 23.1. The van der Waals surface area contributed by atoms with Gasteiger partial charge in [-0.1, -0.05) is 46.9 Å². The van der Waals surface area contributed by atoms with Gasteiger partial charge in [0, 0.05) is 21.2 Å². The van der Waals surface area contributed by atoms with Crippen LogP contribution in [0.3, 0.4) is 0 Å². The summed E-state index contributed by atoms with van der Waals surface area (Å²) in [5.74, 6) is -2.85. The number of primary amides is 1. The van der Waals surface area contributed by atoms with E-state index in [0.29, 0.717) is 0 Å². The Labute approximate surface area is 205 Å². The van der Waals surface area contributed by atoms with Crippen LogP contribution in [0.15, 0.2) is 46.8 Å². The lowest BCUT2D eigenvalue weighted by Gasteiger charge is -2.25. The SMILES string of the molecule is N#CC1=C(N)n2c(sc(=Cc3c(F)cccc3Cl)c2=O)=C(C(N)=O)C1c1c(Cl)cccc1Cl. The minimum Gasteiger partial charge on any atom is -0.384 e. The maximum atomic E-state index is 14.3. The van der Waals surface area contributed by atoms with Gasteiger partial charge in [0.05, 0.1) is 32.7 Å². The molecule has 0 fully saturated rings. The van der Waals surface area contributed by atoms with Crippen LogP contribution in [-0.4, -0.2) is 10.5 Å². The summed E-state index contributed by atoms with van der Waals surface area (Å²) < 4.78 is 15.4. The number of hydrogen-bond donors (Lipinski definition) is 2. The van der Waals surface area contributed by atoms with E-state index in [0.717, 1.165) is 15.9 Å². The predicted octanol–water partition coefficient (Wildman–Crippen LogP) is 2.92. The number of nitrogens with zero attached hydrogens (tertiary/aromatic N) is 2. The van der Waals surface area contributed by atoms with E-state index in [1.807, 2.05) is 6.07 Å². The average molecular weight is 522 g/mol. The topological polar surface area (TPSA) is 115 Å². The zero-order valence-corrected chi connectivity index (χ0v) is 19.5. The Morgan fingerprint density at radius 1 is 1.15 bits per heavy atom. The quantitative estimate of drug-likeness (QED) is 0.551. The summed E-state index contributed by atoms with van der Waals surface area (Å²) in [5, 5.41) is 10.3. The summed E-state index contributed by atoms with van der Waals surface area (Å²) in [6.45, 7) is 0. The third kappa shape index (κ3) is 3.73. The summed E-state index contributed by atoms with van der Waals surface area (Å²) in [6, 6.07) is 10.7. The van der Waals surface area contributed by atoms with E-state index < -0.39 is 23.2 Å². The normalized spacial score (nSPS) is 16.0. The van der Waals surface area contributed by atoms with Crippen molar-refractivity contribution in [2.24, 2.45) is 11.5 Å². The maximum Gasteiger partial charge on any atom is 0.274 e. The van der Waals surface area contributed by atoms with E-state index in [1.165, 1.54) is 24.3 Å². The molecule has 1 amide bonds. The molecule has 0 saturated carbocycles. The Morgan fingerprint density at radius 3 is 2.33 bits per heavy atom. The predicted molar refractivity (Wildman–Crippen MR) is 128 cm³/mol. The Bertz CT molecular complexity index is 1560. The largest absolute Gasteiger partial charge is 0.384 e. The van der Waals surface area contributed by atoms with Gasteiger partial charge >= 0.3 is 0 Å². The van der Waals surface area contributed by atoms with E-state index in [1.54, 1.807) is 18.2 Å². The highest BCUT2D eigenvalue weighted by molar-refractivity contribution is 7.07. The number of hydrogen-bond acceptors (Lipinski definition) is 5. The molecule has 0 spiro atoms. The van der Waals surface area contributed by atoms with Crippen LogP contribution in [0, 0.1) is 17.1 Å². The van der Waals surface area contributed by atoms with Crippen molar-refractivity contribution >= 4 is 69.5 Å². The summed E-state index contributed by atoms with van der Waals surface area (Å²) >= 11 is 19.7. The highest BCUT2D eigenvalue weighted by atomic mass is 35.5. The summed E-state index contributed by atoms with van der Waals surface area (Å²) in [7, 11) is 0. The lowest BCUT2D eigenvalue weighted by molar-refractivity contribution is -0.113. The molecule has 11 heteroatoms. The molecular weight excluding hydrogens is 510 g/mol. The standard InChI is InChI=1S/C22H12Cl3FN4O2S/c23-11-3-2-6-14(26)9(11)7-15-21(32)30-19(28)10(8-27)16(18(20(29)31)22(30)33-15)17-12(24)4-1-5-13(17)25/h1-7,16H,28H2,(H2,29,31). The second kappa shape index (κ2) is 8.69. The van der Waals surface area contributed by atoms with Crippen molar-refractivity contribution < 1.29 is 9.18 Å². The number of fused-ring (bicyclic) bond motifs is 1. The number of allylic oxidation sites excluding steroid dienone is 1. The van der Waals surface area contributed by atoms with E-state index in [9.17, 15) is 19.2 Å². The molecule has 3 aromatic rings. The van der Waals surface area contributed by atoms with Gasteiger partial charge in [0.1, 0.15) is 16.3 Å². The minimum atomic E-state index is -1.10. The van der Waals surface area contributed by atoms with Crippen molar-refractivity contribution in [1.29, 1.82) is 5.26 Å². The van der Waals surface area contributed by atoms with Gasteiger partial charge in [-0.05, 0) is 30.3 Å². The maximum absolute atomic E-state index is 14.3. The van der Waals surface area contributed by atoms with Gasteiger partial charge in [0.15, 0.2) is 0 Å². The first-order valence-electron chi connectivity index (χ1n) is 9.23. The smallest absolute Gasteiger partial charge is 0.274 e. The van der Waals surface area contributed by atoms with Crippen LogP contribution >= 0.6 is 46.1 Å². The highest BCUT2D eigenvalue weighted by Crippen LogP contribution is 2.42. The summed E-state index contributed by atoms with van der Waals surface area (Å²) in [6.07, 6.45) is 1.26. The molecule has 0 bridgehead atoms. The highest BCUT2D eigenvalue weighted by Gasteiger charge is 2.36. The second-order valence-electron chi connectivity index (χ2n) is 6.95. The zero-order chi connectivity index (χ0) is 24.0. The Morgan fingerprint density at radius 2 is 1.76 bits per heavy atom. The number of nitriles is 1. The van der Waals surface area contributed by atoms with Gasteiger partial charge in [-0.3, -0.25) is 14.2 Å². The monoisotopic (exact) mass is 520 g/mol. The number of rotatable bonds is 3. The Hall–Kier alpha value is -3.09. The van der Waals surface area contributed by atoms with Crippen molar-refractivity contribution in [1.82, 2.24) is 4.57 Å². The number of benzene rings is 2. The molecule has 1 atom stereocenters. The number of aromatic nitrogens is 1. The molecule has 1 aliphatic heterocycles. The number of amides is 1. The lowest BCUT2D eigenvalue weighted by Crippen LogP contribution is -2.41. The van der Waals surface area contributed by atoms with Crippen molar-refractivity contribution in [3.05, 3.63) is 93.5 Å². The molecule has 0 radical (unpaired) electrons. The number of thiazole rings is 1. The fourth-order valence-corrected chi connectivity index (χ4v) is 5.64. The third-order valence-electron chi connectivity index (χ3n) is 5.10. The van der Waals surface area contributed by atoms with Gasteiger partial charge in [-0.25, -0.2) is 4.39 Å². The van der Waals surface area contributed by atoms with Crippen LogP contribution in [0.25, 0.3) is 17.5 Å². The summed E-state index contributed by atoms with van der Waals surface area (Å²) in [5.41, 5.74) is 11.3. The fourth-order valence-electron chi connectivity index (χ4n) is 3.64.